The van der Waals surface area contributed by atoms with E-state index in [0.29, 0.717) is 11.1 Å². The van der Waals surface area contributed by atoms with Gasteiger partial charge in [-0.05, 0) is 65.4 Å². The van der Waals surface area contributed by atoms with Crippen molar-refractivity contribution in [2.24, 2.45) is 5.92 Å². The summed E-state index contributed by atoms with van der Waals surface area (Å²) in [6.07, 6.45) is 1.16. The monoisotopic (exact) mass is 632 g/mol. The van der Waals surface area contributed by atoms with E-state index in [-0.39, 0.29) is 55.7 Å². The third-order valence-electron chi connectivity index (χ3n) is 9.91. The first-order valence-electron chi connectivity index (χ1n) is 16.4. The van der Waals surface area contributed by atoms with Gasteiger partial charge in [-0.2, -0.15) is 0 Å². The molecular formula is C39H40N2O6. The Morgan fingerprint density at radius 3 is 2.15 bits per heavy atom. The number of imide groups is 1. The largest absolute Gasteiger partial charge is 0.395 e. The van der Waals surface area contributed by atoms with Crippen molar-refractivity contribution in [2.45, 2.75) is 57.5 Å². The molecule has 8 nitrogen and oxygen atoms in total. The number of nitrogens with zero attached hydrogens (tertiary/aromatic N) is 2. The first-order chi connectivity index (χ1) is 22.9. The summed E-state index contributed by atoms with van der Waals surface area (Å²) in [5, 5.41) is 19.5. The number of ether oxygens (including phenoxy) is 2. The molecule has 5 atom stereocenters. The topological polar surface area (TPSA) is 99.5 Å². The molecule has 4 aromatic rings. The van der Waals surface area contributed by atoms with E-state index < -0.39 is 6.29 Å². The van der Waals surface area contributed by atoms with E-state index >= 15 is 0 Å². The maximum absolute atomic E-state index is 12.9. The zero-order valence-electron chi connectivity index (χ0n) is 26.5. The van der Waals surface area contributed by atoms with Crippen molar-refractivity contribution in [1.82, 2.24) is 9.80 Å². The van der Waals surface area contributed by atoms with Gasteiger partial charge in [0.15, 0.2) is 6.29 Å². The van der Waals surface area contributed by atoms with Crippen LogP contribution in [0.15, 0.2) is 97.1 Å². The van der Waals surface area contributed by atoms with Crippen molar-refractivity contribution < 1.29 is 29.3 Å². The molecule has 3 aliphatic rings. The molecule has 0 bridgehead atoms. The molecule has 0 aromatic heterocycles. The summed E-state index contributed by atoms with van der Waals surface area (Å²) in [5.74, 6) is -0.463. The quantitative estimate of drug-likeness (QED) is 0.222. The van der Waals surface area contributed by atoms with Crippen LogP contribution in [0.25, 0.3) is 11.1 Å². The highest BCUT2D eigenvalue weighted by molar-refractivity contribution is 6.21. The van der Waals surface area contributed by atoms with Crippen LogP contribution in [0.3, 0.4) is 0 Å². The van der Waals surface area contributed by atoms with Gasteiger partial charge in [0.1, 0.15) is 0 Å². The number of aliphatic hydroxyl groups excluding tert-OH is 2. The zero-order chi connectivity index (χ0) is 32.5. The highest BCUT2D eigenvalue weighted by atomic mass is 16.7. The predicted molar refractivity (Wildman–Crippen MR) is 177 cm³/mol. The lowest BCUT2D eigenvalue weighted by Gasteiger charge is -2.43. The van der Waals surface area contributed by atoms with Gasteiger partial charge in [-0.1, -0.05) is 85.8 Å². The van der Waals surface area contributed by atoms with Crippen molar-refractivity contribution in [1.29, 1.82) is 0 Å². The molecule has 3 heterocycles. The normalized spacial score (nSPS) is 24.6. The van der Waals surface area contributed by atoms with Crippen LogP contribution in [0.4, 0.5) is 0 Å². The van der Waals surface area contributed by atoms with Crippen LogP contribution in [0.5, 0.6) is 0 Å². The Bertz CT molecular complexity index is 1700. The molecule has 2 amide bonds. The molecule has 8 heteroatoms. The molecule has 0 aliphatic carbocycles. The van der Waals surface area contributed by atoms with Crippen molar-refractivity contribution in [3.8, 4) is 11.1 Å². The molecule has 242 valence electrons. The van der Waals surface area contributed by atoms with E-state index in [1.165, 1.54) is 4.90 Å². The van der Waals surface area contributed by atoms with Gasteiger partial charge in [-0.3, -0.25) is 19.4 Å². The Kier molecular flexibility index (Phi) is 9.03. The van der Waals surface area contributed by atoms with Crippen LogP contribution in [0.1, 0.15) is 75.1 Å². The first kappa shape index (κ1) is 31.4. The minimum Gasteiger partial charge on any atom is -0.395 e. The second-order valence-electron chi connectivity index (χ2n) is 12.9. The summed E-state index contributed by atoms with van der Waals surface area (Å²) < 4.78 is 13.3. The summed E-state index contributed by atoms with van der Waals surface area (Å²) in [6.45, 7) is 4.17. The van der Waals surface area contributed by atoms with E-state index in [9.17, 15) is 19.8 Å². The first-order valence-corrected chi connectivity index (χ1v) is 16.4. The van der Waals surface area contributed by atoms with Crippen LogP contribution in [0.2, 0.25) is 0 Å². The number of carbonyl (C=O) groups is 2. The molecule has 0 radical (unpaired) electrons. The SMILES string of the molecule is CC1C(CN2CCCC2CO)OC(c2ccc(-c3cccc(CN4C(=O)c5ccccc5C4=O)c3)cc2)OC1c1ccc(CO)cc1. The number of hydrogen-bond donors (Lipinski definition) is 2. The van der Waals surface area contributed by atoms with Crippen molar-refractivity contribution >= 4 is 11.8 Å². The van der Waals surface area contributed by atoms with Gasteiger partial charge in [0.2, 0.25) is 0 Å². The molecule has 7 rings (SSSR count). The number of benzene rings is 4. The van der Waals surface area contributed by atoms with Crippen LogP contribution >= 0.6 is 0 Å². The van der Waals surface area contributed by atoms with Crippen molar-refractivity contribution in [3.63, 3.8) is 0 Å². The van der Waals surface area contributed by atoms with Crippen LogP contribution in [-0.2, 0) is 22.6 Å². The Morgan fingerprint density at radius 2 is 1.47 bits per heavy atom. The second-order valence-corrected chi connectivity index (χ2v) is 12.9. The average Bonchev–Trinajstić information content (AvgIpc) is 3.67. The second kappa shape index (κ2) is 13.5. The fourth-order valence-corrected chi connectivity index (χ4v) is 7.15. The Labute approximate surface area is 275 Å². The third kappa shape index (κ3) is 6.27. The minimum absolute atomic E-state index is 0.00868. The lowest BCUT2D eigenvalue weighted by molar-refractivity contribution is -0.276. The molecule has 47 heavy (non-hydrogen) atoms. The molecule has 5 unspecified atom stereocenters. The molecule has 2 N–H and O–H groups in total. The van der Waals surface area contributed by atoms with Gasteiger partial charge >= 0.3 is 0 Å². The molecule has 3 aliphatic heterocycles. The van der Waals surface area contributed by atoms with Gasteiger partial charge in [0.25, 0.3) is 11.8 Å². The number of amides is 2. The molecule has 4 aromatic carbocycles. The molecule has 2 saturated heterocycles. The van der Waals surface area contributed by atoms with E-state index in [1.807, 2.05) is 72.8 Å². The van der Waals surface area contributed by atoms with Gasteiger partial charge in [-0.15, -0.1) is 0 Å². The predicted octanol–water partition coefficient (Wildman–Crippen LogP) is 5.89. The summed E-state index contributed by atoms with van der Waals surface area (Å²) >= 11 is 0. The van der Waals surface area contributed by atoms with Crippen molar-refractivity contribution in [2.75, 3.05) is 19.7 Å². The fourth-order valence-electron chi connectivity index (χ4n) is 7.15. The van der Waals surface area contributed by atoms with Crippen molar-refractivity contribution in [3.05, 3.63) is 130 Å². The van der Waals surface area contributed by atoms with E-state index in [2.05, 4.69) is 11.8 Å². The highest BCUT2D eigenvalue weighted by Gasteiger charge is 2.40. The van der Waals surface area contributed by atoms with E-state index in [4.69, 9.17) is 9.47 Å². The molecule has 0 spiro atoms. The third-order valence-corrected chi connectivity index (χ3v) is 9.91. The van der Waals surface area contributed by atoms with Crippen LogP contribution in [-0.4, -0.2) is 63.7 Å². The summed E-state index contributed by atoms with van der Waals surface area (Å²) in [5.41, 5.74) is 6.55. The van der Waals surface area contributed by atoms with Gasteiger partial charge in [0.05, 0.1) is 43.1 Å². The summed E-state index contributed by atoms with van der Waals surface area (Å²) in [4.78, 5) is 29.5. The lowest BCUT2D eigenvalue weighted by Crippen LogP contribution is -2.46. The Morgan fingerprint density at radius 1 is 0.766 bits per heavy atom. The number of rotatable bonds is 9. The number of aliphatic hydroxyl groups is 2. The van der Waals surface area contributed by atoms with E-state index in [1.54, 1.807) is 24.3 Å². The average molecular weight is 633 g/mol. The zero-order valence-corrected chi connectivity index (χ0v) is 26.5. The smallest absolute Gasteiger partial charge is 0.261 e. The Hall–Kier alpha value is -4.18. The highest BCUT2D eigenvalue weighted by Crippen LogP contribution is 2.42. The lowest BCUT2D eigenvalue weighted by atomic mass is 9.89. The maximum Gasteiger partial charge on any atom is 0.261 e. The number of hydrogen-bond acceptors (Lipinski definition) is 7. The molecule has 2 fully saturated rings. The van der Waals surface area contributed by atoms with E-state index in [0.717, 1.165) is 59.3 Å². The number of fused-ring (bicyclic) bond motifs is 1. The van der Waals surface area contributed by atoms with Gasteiger partial charge < -0.3 is 19.7 Å². The molecule has 0 saturated carbocycles. The fraction of sp³-hybridized carbons (Fsp3) is 0.333. The molecular weight excluding hydrogens is 592 g/mol. The van der Waals surface area contributed by atoms with Crippen LogP contribution in [0, 0.1) is 5.92 Å². The number of likely N-dealkylation sites (tertiary alicyclic amines) is 1. The number of carbonyl (C=O) groups excluding carboxylic acids is 2. The summed E-state index contributed by atoms with van der Waals surface area (Å²) in [7, 11) is 0. The maximum atomic E-state index is 12.9. The standard InChI is InChI=1S/C39H40N2O6/c1-25-35(22-40-19-5-8-32(40)24-43)46-39(47-36(25)29-13-11-26(23-42)12-14-29)30-17-15-28(16-18-30)31-7-4-6-27(20-31)21-41-37(44)33-9-2-3-10-34(33)38(41)45/h2-4,6-7,9-18,20,25,32,35-36,39,42-43H,5,8,19,21-24H2,1H3. The Balaban J connectivity index is 1.10. The minimum atomic E-state index is -0.580. The van der Waals surface area contributed by atoms with Gasteiger partial charge in [-0.25, -0.2) is 0 Å². The van der Waals surface area contributed by atoms with Crippen LogP contribution < -0.4 is 0 Å². The van der Waals surface area contributed by atoms with Gasteiger partial charge in [0, 0.05) is 24.1 Å². The summed E-state index contributed by atoms with van der Waals surface area (Å²) in [6, 6.07) is 31.1.